The Balaban J connectivity index is 2.37. The summed E-state index contributed by atoms with van der Waals surface area (Å²) in [7, 11) is 14.8. The van der Waals surface area contributed by atoms with Crippen molar-refractivity contribution in [3.05, 3.63) is 5.56 Å². The number of nitrogens with one attached hydrogen (secondary N) is 1. The number of benzene rings is 1. The van der Waals surface area contributed by atoms with Crippen molar-refractivity contribution in [3.63, 3.8) is 0 Å². The zero-order valence-electron chi connectivity index (χ0n) is 15.6. The largest absolute Gasteiger partial charge is 0.467 e. The van der Waals surface area contributed by atoms with Crippen LogP contribution in [0, 0.1) is 0 Å². The molecule has 110 valence electrons. The summed E-state index contributed by atoms with van der Waals surface area (Å²) in [6.45, 7) is 4.45. The maximum atomic E-state index is 6.04. The Kier molecular flexibility index (Phi) is 4.56. The first-order chi connectivity index (χ1) is 9.91. The molecule has 0 amide bonds. The van der Waals surface area contributed by atoms with Crippen molar-refractivity contribution in [2.45, 2.75) is 37.2 Å². The molecule has 1 aromatic carbocycles. The van der Waals surface area contributed by atoms with E-state index in [4.69, 9.17) is 9.47 Å². The second kappa shape index (κ2) is 5.70. The van der Waals surface area contributed by atoms with E-state index in [1.807, 2.05) is 15.7 Å². The van der Waals surface area contributed by atoms with Crippen LogP contribution in [0.15, 0.2) is 0 Å². The van der Waals surface area contributed by atoms with Gasteiger partial charge in [-0.25, -0.2) is 0 Å². The van der Waals surface area contributed by atoms with E-state index in [0.717, 1.165) is 17.9 Å². The van der Waals surface area contributed by atoms with Crippen LogP contribution in [-0.4, -0.2) is 71.9 Å². The van der Waals surface area contributed by atoms with Gasteiger partial charge in [0.25, 0.3) is 0 Å². The zero-order chi connectivity index (χ0) is 16.9. The van der Waals surface area contributed by atoms with Gasteiger partial charge in [0, 0.05) is 6.04 Å². The summed E-state index contributed by atoms with van der Waals surface area (Å²) in [6, 6.07) is 0.408. The molecule has 2 rings (SSSR count). The molecule has 1 atom stereocenters. The van der Waals surface area contributed by atoms with Crippen LogP contribution in [0.25, 0.3) is 0 Å². The average Bonchev–Trinajstić information content (AvgIpc) is 2.66. The van der Waals surface area contributed by atoms with Crippen LogP contribution in [0.5, 0.6) is 11.5 Å². The Morgan fingerprint density at radius 2 is 1.55 bits per heavy atom. The molecule has 10 heteroatoms. The molecule has 1 heterocycles. The molecule has 0 radical (unpaired) electrons. The molecule has 0 spiro atoms. The molecule has 0 fully saturated rings. The Labute approximate surface area is 140 Å². The van der Waals surface area contributed by atoms with E-state index in [-0.39, 0.29) is 5.34 Å². The fourth-order valence-corrected chi connectivity index (χ4v) is 3.32. The zero-order valence-corrected chi connectivity index (χ0v) is 15.6. The summed E-state index contributed by atoms with van der Waals surface area (Å²) in [5.74, 6) is 1.84. The molecular weight excluding hydrogens is 266 g/mol. The molecule has 1 aliphatic rings. The van der Waals surface area contributed by atoms with E-state index >= 15 is 0 Å². The monoisotopic (exact) mass is 291 g/mol. The Hall–Kier alpha value is -0.765. The van der Waals surface area contributed by atoms with Gasteiger partial charge < -0.3 is 14.8 Å². The van der Waals surface area contributed by atoms with Crippen LogP contribution in [0.3, 0.4) is 0 Å². The topological polar surface area (TPSA) is 30.5 Å². The Bertz CT molecular complexity index is 600. The molecule has 3 nitrogen and oxygen atoms in total. The molecular formula is C12H24B7NO2. The number of ether oxygens (including phenoxy) is 2. The third-order valence-corrected chi connectivity index (χ3v) is 4.24. The highest BCUT2D eigenvalue weighted by atomic mass is 16.7. The van der Waals surface area contributed by atoms with Crippen LogP contribution in [0.2, 0.25) is 0 Å². The second-order valence-corrected chi connectivity index (χ2v) is 8.12. The minimum absolute atomic E-state index is 0.120. The number of hydrogen-bond donors (Lipinski definition) is 1. The Morgan fingerprint density at radius 1 is 1.05 bits per heavy atom. The van der Waals surface area contributed by atoms with Crippen molar-refractivity contribution in [3.8, 4) is 11.5 Å². The average molecular weight is 290 g/mol. The quantitative estimate of drug-likeness (QED) is 0.559. The van der Waals surface area contributed by atoms with Crippen LogP contribution >= 0.6 is 0 Å². The van der Waals surface area contributed by atoms with Gasteiger partial charge in [0.1, 0.15) is 39.2 Å². The van der Waals surface area contributed by atoms with Gasteiger partial charge in [-0.15, -0.1) is 0 Å². The van der Waals surface area contributed by atoms with E-state index in [1.165, 1.54) is 22.0 Å². The smallest absolute Gasteiger partial charge is 0.197 e. The highest BCUT2D eigenvalue weighted by Crippen LogP contribution is 2.33. The van der Waals surface area contributed by atoms with E-state index in [9.17, 15) is 0 Å². The van der Waals surface area contributed by atoms with Gasteiger partial charge >= 0.3 is 0 Å². The molecule has 0 aliphatic carbocycles. The lowest BCUT2D eigenvalue weighted by Gasteiger charge is -2.28. The molecule has 22 heavy (non-hydrogen) atoms. The summed E-state index contributed by atoms with van der Waals surface area (Å²) in [4.78, 5) is 0. The highest BCUT2D eigenvalue weighted by Gasteiger charge is 2.35. The number of rotatable bonds is 4. The van der Waals surface area contributed by atoms with Gasteiger partial charge in [-0.1, -0.05) is 17.9 Å². The van der Waals surface area contributed by atoms with Crippen LogP contribution in [0.4, 0.5) is 0 Å². The van der Waals surface area contributed by atoms with Crippen LogP contribution in [-0.2, 0) is 6.42 Å². The third-order valence-electron chi connectivity index (χ3n) is 4.24. The standard InChI is InChI=1S/C12H24B7NO2/c1-4(20-11(2,16)17)3-5-6(13)8(15)10-9(7(5)14)21-12(18,19)22-10/h4,20H,3,13-19H2,1-2H3/t4-/m1/s1. The van der Waals surface area contributed by atoms with Crippen molar-refractivity contribution in [2.75, 3.05) is 0 Å². The van der Waals surface area contributed by atoms with Crippen LogP contribution < -0.4 is 31.2 Å². The lowest BCUT2D eigenvalue weighted by molar-refractivity contribution is 0.0844. The molecule has 0 bridgehead atoms. The molecule has 0 unspecified atom stereocenters. The van der Waals surface area contributed by atoms with Crippen molar-refractivity contribution >= 4 is 71.3 Å². The van der Waals surface area contributed by atoms with Crippen molar-refractivity contribution in [2.24, 2.45) is 0 Å². The molecule has 0 aromatic heterocycles. The minimum Gasteiger partial charge on any atom is -0.467 e. The lowest BCUT2D eigenvalue weighted by atomic mass is 9.63. The van der Waals surface area contributed by atoms with Crippen molar-refractivity contribution in [1.29, 1.82) is 0 Å². The van der Waals surface area contributed by atoms with Crippen LogP contribution in [0.1, 0.15) is 19.4 Å². The number of hydrogen-bond acceptors (Lipinski definition) is 3. The van der Waals surface area contributed by atoms with E-state index in [1.54, 1.807) is 0 Å². The van der Waals surface area contributed by atoms with Gasteiger partial charge in [-0.2, -0.15) is 0 Å². The van der Waals surface area contributed by atoms with Gasteiger partial charge in [0.2, 0.25) is 0 Å². The summed E-state index contributed by atoms with van der Waals surface area (Å²) < 4.78 is 12.0. The first-order valence-electron chi connectivity index (χ1n) is 8.19. The molecule has 1 aromatic rings. The Morgan fingerprint density at radius 3 is 2.05 bits per heavy atom. The van der Waals surface area contributed by atoms with Gasteiger partial charge in [0.05, 0.1) is 0 Å². The van der Waals surface area contributed by atoms with E-state index < -0.39 is 5.59 Å². The van der Waals surface area contributed by atoms with Crippen molar-refractivity contribution in [1.82, 2.24) is 5.32 Å². The number of fused-ring (bicyclic) bond motifs is 1. The highest BCUT2D eigenvalue weighted by molar-refractivity contribution is 6.53. The first kappa shape index (κ1) is 17.6. The first-order valence-corrected chi connectivity index (χ1v) is 8.19. The lowest BCUT2D eigenvalue weighted by Crippen LogP contribution is -2.50. The predicted octanol–water partition coefficient (Wildman–Crippen LogP) is -7.43. The van der Waals surface area contributed by atoms with Gasteiger partial charge in [-0.3, -0.25) is 0 Å². The maximum Gasteiger partial charge on any atom is 0.197 e. The maximum absolute atomic E-state index is 6.04. The normalized spacial score (nSPS) is 17.4. The van der Waals surface area contributed by atoms with E-state index in [0.29, 0.717) is 6.04 Å². The fourth-order valence-electron chi connectivity index (χ4n) is 3.32. The van der Waals surface area contributed by atoms with Gasteiger partial charge in [0.15, 0.2) is 32.8 Å². The van der Waals surface area contributed by atoms with E-state index in [2.05, 4.69) is 58.4 Å². The SMILES string of the molecule is Bc1c(B)c2c(c(B)c1C[C@@H](C)NC(B)(B)C)OC(B)(B)O2. The summed E-state index contributed by atoms with van der Waals surface area (Å²) in [5.41, 5.74) is 4.54. The second-order valence-electron chi connectivity index (χ2n) is 8.12. The summed E-state index contributed by atoms with van der Waals surface area (Å²) >= 11 is 0. The summed E-state index contributed by atoms with van der Waals surface area (Å²) in [5, 5.41) is 3.77. The summed E-state index contributed by atoms with van der Waals surface area (Å²) in [6.07, 6.45) is 0.993. The molecule has 0 saturated carbocycles. The van der Waals surface area contributed by atoms with Crippen molar-refractivity contribution < 1.29 is 9.47 Å². The fraction of sp³-hybridized carbons (Fsp3) is 0.500. The predicted molar refractivity (Wildman–Crippen MR) is 114 cm³/mol. The molecule has 1 aliphatic heterocycles. The minimum atomic E-state index is -0.571. The third kappa shape index (κ3) is 3.59. The van der Waals surface area contributed by atoms with Gasteiger partial charge in [-0.05, 0) is 29.6 Å². The molecule has 1 N–H and O–H groups in total. The molecule has 0 saturated heterocycles.